The lowest BCUT2D eigenvalue weighted by atomic mass is 10.0. The standard InChI is InChI=1S/C11H15F3N2/c1-2-4-10(16-15)8-5-3-6-9(7-8)11(12,13)14/h3,5-7,10,16H,2,4,15H2,1H3. The Bertz CT molecular complexity index is 336. The largest absolute Gasteiger partial charge is 0.416 e. The van der Waals surface area contributed by atoms with Crippen molar-refractivity contribution in [2.45, 2.75) is 32.0 Å². The molecule has 2 nitrogen and oxygen atoms in total. The van der Waals surface area contributed by atoms with Gasteiger partial charge in [-0.15, -0.1) is 0 Å². The first-order valence-electron chi connectivity index (χ1n) is 5.12. The molecule has 0 saturated heterocycles. The first-order chi connectivity index (χ1) is 7.49. The van der Waals surface area contributed by atoms with Crippen molar-refractivity contribution in [2.75, 3.05) is 0 Å². The van der Waals surface area contributed by atoms with E-state index in [2.05, 4.69) is 5.43 Å². The van der Waals surface area contributed by atoms with Crippen LogP contribution in [0.3, 0.4) is 0 Å². The van der Waals surface area contributed by atoms with Crippen LogP contribution in [0.25, 0.3) is 0 Å². The molecule has 90 valence electrons. The molecule has 0 aliphatic carbocycles. The second-order valence-electron chi connectivity index (χ2n) is 3.63. The summed E-state index contributed by atoms with van der Waals surface area (Å²) in [7, 11) is 0. The average Bonchev–Trinajstić information content (AvgIpc) is 2.25. The predicted molar refractivity (Wildman–Crippen MR) is 56.4 cm³/mol. The van der Waals surface area contributed by atoms with E-state index in [1.54, 1.807) is 6.07 Å². The summed E-state index contributed by atoms with van der Waals surface area (Å²) in [5, 5.41) is 0. The van der Waals surface area contributed by atoms with Gasteiger partial charge < -0.3 is 0 Å². The third kappa shape index (κ3) is 3.21. The van der Waals surface area contributed by atoms with Gasteiger partial charge in [0, 0.05) is 6.04 Å². The maximum Gasteiger partial charge on any atom is 0.416 e. The number of benzene rings is 1. The smallest absolute Gasteiger partial charge is 0.271 e. The van der Waals surface area contributed by atoms with Crippen LogP contribution in [0, 0.1) is 0 Å². The molecule has 1 atom stereocenters. The zero-order valence-electron chi connectivity index (χ0n) is 9.01. The topological polar surface area (TPSA) is 38.0 Å². The van der Waals surface area contributed by atoms with Crippen molar-refractivity contribution in [3.05, 3.63) is 35.4 Å². The summed E-state index contributed by atoms with van der Waals surface area (Å²) in [6.07, 6.45) is -2.75. The van der Waals surface area contributed by atoms with Gasteiger partial charge in [0.2, 0.25) is 0 Å². The molecule has 1 aromatic rings. The van der Waals surface area contributed by atoms with Crippen LogP contribution in [0.15, 0.2) is 24.3 Å². The Hall–Kier alpha value is -1.07. The Balaban J connectivity index is 2.97. The van der Waals surface area contributed by atoms with Crippen molar-refractivity contribution in [3.8, 4) is 0 Å². The van der Waals surface area contributed by atoms with Crippen molar-refractivity contribution >= 4 is 0 Å². The highest BCUT2D eigenvalue weighted by atomic mass is 19.4. The van der Waals surface area contributed by atoms with Gasteiger partial charge in [0.25, 0.3) is 0 Å². The van der Waals surface area contributed by atoms with Gasteiger partial charge in [-0.05, 0) is 24.1 Å². The van der Waals surface area contributed by atoms with E-state index in [0.29, 0.717) is 12.0 Å². The summed E-state index contributed by atoms with van der Waals surface area (Å²) in [4.78, 5) is 0. The van der Waals surface area contributed by atoms with Gasteiger partial charge in [-0.25, -0.2) is 0 Å². The summed E-state index contributed by atoms with van der Waals surface area (Å²) in [5.41, 5.74) is 2.46. The summed E-state index contributed by atoms with van der Waals surface area (Å²) < 4.78 is 37.4. The molecular weight excluding hydrogens is 217 g/mol. The van der Waals surface area contributed by atoms with Crippen LogP contribution in [0.2, 0.25) is 0 Å². The predicted octanol–water partition coefficient (Wildman–Crippen LogP) is 3.01. The summed E-state index contributed by atoms with van der Waals surface area (Å²) in [6.45, 7) is 1.96. The minimum Gasteiger partial charge on any atom is -0.271 e. The van der Waals surface area contributed by atoms with Crippen LogP contribution in [-0.2, 0) is 6.18 Å². The third-order valence-corrected chi connectivity index (χ3v) is 2.39. The van der Waals surface area contributed by atoms with Crippen LogP contribution < -0.4 is 11.3 Å². The molecule has 0 radical (unpaired) electrons. The molecule has 0 spiro atoms. The van der Waals surface area contributed by atoms with Crippen molar-refractivity contribution in [2.24, 2.45) is 5.84 Å². The zero-order chi connectivity index (χ0) is 12.2. The highest BCUT2D eigenvalue weighted by molar-refractivity contribution is 5.27. The summed E-state index contributed by atoms with van der Waals surface area (Å²) in [6, 6.07) is 5.02. The summed E-state index contributed by atoms with van der Waals surface area (Å²) >= 11 is 0. The fourth-order valence-corrected chi connectivity index (χ4v) is 1.57. The lowest BCUT2D eigenvalue weighted by molar-refractivity contribution is -0.137. The van der Waals surface area contributed by atoms with Gasteiger partial charge in [-0.2, -0.15) is 13.2 Å². The quantitative estimate of drug-likeness (QED) is 0.618. The van der Waals surface area contributed by atoms with Gasteiger partial charge >= 0.3 is 6.18 Å². The highest BCUT2D eigenvalue weighted by Crippen LogP contribution is 2.31. The minimum absolute atomic E-state index is 0.229. The molecule has 0 fully saturated rings. The molecule has 0 bridgehead atoms. The van der Waals surface area contributed by atoms with Crippen molar-refractivity contribution < 1.29 is 13.2 Å². The molecule has 0 saturated carbocycles. The Morgan fingerprint density at radius 3 is 2.56 bits per heavy atom. The maximum atomic E-state index is 12.5. The Labute approximate surface area is 92.6 Å². The number of nitrogens with one attached hydrogen (secondary N) is 1. The van der Waals surface area contributed by atoms with E-state index in [1.165, 1.54) is 6.07 Å². The number of nitrogens with two attached hydrogens (primary N) is 1. The molecule has 0 aliphatic rings. The molecule has 0 amide bonds. The third-order valence-electron chi connectivity index (χ3n) is 2.39. The Kier molecular flexibility index (Phi) is 4.32. The Morgan fingerprint density at radius 2 is 2.06 bits per heavy atom. The molecule has 1 unspecified atom stereocenters. The van der Waals surface area contributed by atoms with E-state index >= 15 is 0 Å². The molecule has 1 aromatic carbocycles. The van der Waals surface area contributed by atoms with Crippen LogP contribution >= 0.6 is 0 Å². The number of halogens is 3. The second-order valence-corrected chi connectivity index (χ2v) is 3.63. The monoisotopic (exact) mass is 232 g/mol. The number of hydrogen-bond donors (Lipinski definition) is 2. The molecule has 0 aliphatic heterocycles. The van der Waals surface area contributed by atoms with E-state index in [4.69, 9.17) is 5.84 Å². The summed E-state index contributed by atoms with van der Waals surface area (Å²) in [5.74, 6) is 5.32. The van der Waals surface area contributed by atoms with Gasteiger partial charge in [-0.3, -0.25) is 11.3 Å². The fraction of sp³-hybridized carbons (Fsp3) is 0.455. The average molecular weight is 232 g/mol. The van der Waals surface area contributed by atoms with Gasteiger partial charge in [0.05, 0.1) is 5.56 Å². The maximum absolute atomic E-state index is 12.5. The number of hydrazine groups is 1. The highest BCUT2D eigenvalue weighted by Gasteiger charge is 2.30. The Morgan fingerprint density at radius 1 is 1.38 bits per heavy atom. The SMILES string of the molecule is CCCC(NN)c1cccc(C(F)(F)F)c1. The normalized spacial score (nSPS) is 13.8. The zero-order valence-corrected chi connectivity index (χ0v) is 9.01. The molecule has 5 heteroatoms. The molecule has 0 aromatic heterocycles. The number of alkyl halides is 3. The van der Waals surface area contributed by atoms with E-state index in [9.17, 15) is 13.2 Å². The van der Waals surface area contributed by atoms with Crippen molar-refractivity contribution in [1.82, 2.24) is 5.43 Å². The molecule has 3 N–H and O–H groups in total. The minimum atomic E-state index is -4.30. The number of rotatable bonds is 4. The van der Waals surface area contributed by atoms with Crippen LogP contribution in [-0.4, -0.2) is 0 Å². The van der Waals surface area contributed by atoms with Gasteiger partial charge in [0.1, 0.15) is 0 Å². The van der Waals surface area contributed by atoms with Crippen molar-refractivity contribution in [3.63, 3.8) is 0 Å². The van der Waals surface area contributed by atoms with Gasteiger partial charge in [0.15, 0.2) is 0 Å². The van der Waals surface area contributed by atoms with E-state index in [1.807, 2.05) is 6.92 Å². The van der Waals surface area contributed by atoms with E-state index < -0.39 is 11.7 Å². The molecule has 1 rings (SSSR count). The molecule has 16 heavy (non-hydrogen) atoms. The first-order valence-corrected chi connectivity index (χ1v) is 5.12. The number of hydrogen-bond acceptors (Lipinski definition) is 2. The molecule has 0 heterocycles. The van der Waals surface area contributed by atoms with Crippen LogP contribution in [0.5, 0.6) is 0 Å². The van der Waals surface area contributed by atoms with Gasteiger partial charge in [-0.1, -0.05) is 25.5 Å². The first kappa shape index (κ1) is 13.0. The van der Waals surface area contributed by atoms with Crippen LogP contribution in [0.4, 0.5) is 13.2 Å². The lowest BCUT2D eigenvalue weighted by Crippen LogP contribution is -2.28. The fourth-order valence-electron chi connectivity index (χ4n) is 1.57. The lowest BCUT2D eigenvalue weighted by Gasteiger charge is -2.17. The second kappa shape index (κ2) is 5.32. The van der Waals surface area contributed by atoms with Crippen molar-refractivity contribution in [1.29, 1.82) is 0 Å². The van der Waals surface area contributed by atoms with Crippen LogP contribution in [0.1, 0.15) is 36.9 Å². The molecular formula is C11H15F3N2. The van der Waals surface area contributed by atoms with E-state index in [-0.39, 0.29) is 6.04 Å². The van der Waals surface area contributed by atoms with E-state index in [0.717, 1.165) is 18.6 Å².